The Morgan fingerprint density at radius 2 is 1.81 bits per heavy atom. The molecule has 1 aromatic rings. The van der Waals surface area contributed by atoms with Gasteiger partial charge in [-0.05, 0) is 36.1 Å². The zero-order chi connectivity index (χ0) is 12.0. The van der Waals surface area contributed by atoms with Crippen LogP contribution in [0.2, 0.25) is 0 Å². The summed E-state index contributed by atoms with van der Waals surface area (Å²) >= 11 is 3.28. The smallest absolute Gasteiger partial charge is 0.208 e. The molecule has 1 N–H and O–H groups in total. The first-order chi connectivity index (χ1) is 7.31. The molecule has 0 radical (unpaired) electrons. The van der Waals surface area contributed by atoms with Gasteiger partial charge in [0.25, 0.3) is 0 Å². The molecule has 0 heterocycles. The fraction of sp³-hybridized carbons (Fsp3) is 0.455. The molecule has 1 aromatic carbocycles. The molecule has 88 valence electrons. The molecule has 16 heavy (non-hydrogen) atoms. The Labute approximate surface area is 104 Å². The summed E-state index contributed by atoms with van der Waals surface area (Å²) < 4.78 is 27.5. The Morgan fingerprint density at radius 3 is 2.25 bits per heavy atom. The van der Waals surface area contributed by atoms with Crippen LogP contribution in [0, 0.1) is 5.41 Å². The molecule has 1 aliphatic rings. The predicted octanol–water partition coefficient (Wildman–Crippen LogP) is 2.53. The number of halogens is 1. The quantitative estimate of drug-likeness (QED) is 0.932. The van der Waals surface area contributed by atoms with Crippen LogP contribution in [0.25, 0.3) is 0 Å². The summed E-state index contributed by atoms with van der Waals surface area (Å²) in [6, 6.07) is 6.73. The van der Waals surface area contributed by atoms with Crippen molar-refractivity contribution in [3.8, 4) is 0 Å². The van der Waals surface area contributed by atoms with Crippen molar-refractivity contribution in [2.24, 2.45) is 5.41 Å². The second kappa shape index (κ2) is 3.82. The minimum absolute atomic E-state index is 0.0705. The Morgan fingerprint density at radius 1 is 1.31 bits per heavy atom. The van der Waals surface area contributed by atoms with E-state index in [9.17, 15) is 8.42 Å². The molecule has 2 rings (SSSR count). The molecule has 0 spiro atoms. The molecule has 1 fully saturated rings. The van der Waals surface area contributed by atoms with Gasteiger partial charge in [0.1, 0.15) is 0 Å². The zero-order valence-corrected chi connectivity index (χ0v) is 11.6. The number of hydrogen-bond donors (Lipinski definition) is 1. The Balaban J connectivity index is 2.17. The molecule has 5 heteroatoms. The van der Waals surface area contributed by atoms with Crippen LogP contribution in [0.1, 0.15) is 20.3 Å². The van der Waals surface area contributed by atoms with E-state index < -0.39 is 10.0 Å². The fourth-order valence-corrected chi connectivity index (χ4v) is 3.21. The fourth-order valence-electron chi connectivity index (χ4n) is 1.54. The molecule has 1 saturated carbocycles. The SMILES string of the molecule is CC1(C)CC1NS(=O)(=O)c1ccc(Br)cc1. The standard InChI is InChI=1S/C11H14BrNO2S/c1-11(2)7-10(11)13-16(14,15)9-5-3-8(12)4-6-9/h3-6,10,13H,7H2,1-2H3. The van der Waals surface area contributed by atoms with E-state index in [0.717, 1.165) is 10.9 Å². The average molecular weight is 304 g/mol. The van der Waals surface area contributed by atoms with E-state index in [-0.39, 0.29) is 11.5 Å². The topological polar surface area (TPSA) is 46.2 Å². The van der Waals surface area contributed by atoms with Crippen molar-refractivity contribution in [3.05, 3.63) is 28.7 Å². The van der Waals surface area contributed by atoms with Crippen LogP contribution < -0.4 is 4.72 Å². The van der Waals surface area contributed by atoms with Crippen molar-refractivity contribution in [2.75, 3.05) is 0 Å². The average Bonchev–Trinajstić information content (AvgIpc) is 2.73. The van der Waals surface area contributed by atoms with Crippen LogP contribution in [-0.4, -0.2) is 14.5 Å². The van der Waals surface area contributed by atoms with E-state index in [1.165, 1.54) is 0 Å². The van der Waals surface area contributed by atoms with E-state index in [0.29, 0.717) is 4.90 Å². The highest BCUT2D eigenvalue weighted by atomic mass is 79.9. The Bertz CT molecular complexity index is 493. The van der Waals surface area contributed by atoms with Gasteiger partial charge in [-0.3, -0.25) is 0 Å². The highest BCUT2D eigenvalue weighted by Gasteiger charge is 2.47. The molecular formula is C11H14BrNO2S. The molecular weight excluding hydrogens is 290 g/mol. The van der Waals surface area contributed by atoms with E-state index in [4.69, 9.17) is 0 Å². The van der Waals surface area contributed by atoms with Gasteiger partial charge in [0.15, 0.2) is 0 Å². The maximum atomic E-state index is 12.0. The summed E-state index contributed by atoms with van der Waals surface area (Å²) in [5.41, 5.74) is 0.0996. The predicted molar refractivity (Wildman–Crippen MR) is 66.6 cm³/mol. The normalized spacial score (nSPS) is 23.1. The first-order valence-electron chi connectivity index (χ1n) is 5.09. The van der Waals surface area contributed by atoms with E-state index in [1.807, 2.05) is 0 Å². The third kappa shape index (κ3) is 2.47. The first-order valence-corrected chi connectivity index (χ1v) is 7.37. The van der Waals surface area contributed by atoms with Crippen molar-refractivity contribution in [1.29, 1.82) is 0 Å². The van der Waals surface area contributed by atoms with Gasteiger partial charge in [0.2, 0.25) is 10.0 Å². The van der Waals surface area contributed by atoms with Crippen LogP contribution in [-0.2, 0) is 10.0 Å². The van der Waals surface area contributed by atoms with Crippen molar-refractivity contribution < 1.29 is 8.42 Å². The van der Waals surface area contributed by atoms with Crippen molar-refractivity contribution in [2.45, 2.75) is 31.2 Å². The lowest BCUT2D eigenvalue weighted by Gasteiger charge is -2.08. The molecule has 1 unspecified atom stereocenters. The molecule has 0 aliphatic heterocycles. The summed E-state index contributed by atoms with van der Waals surface area (Å²) in [5.74, 6) is 0. The van der Waals surface area contributed by atoms with Gasteiger partial charge in [0, 0.05) is 10.5 Å². The molecule has 0 bridgehead atoms. The summed E-state index contributed by atoms with van der Waals surface area (Å²) in [7, 11) is -3.36. The van der Waals surface area contributed by atoms with Crippen LogP contribution in [0.5, 0.6) is 0 Å². The van der Waals surface area contributed by atoms with Gasteiger partial charge in [0.05, 0.1) is 4.90 Å². The van der Waals surface area contributed by atoms with E-state index >= 15 is 0 Å². The summed E-state index contributed by atoms with van der Waals surface area (Å²) in [4.78, 5) is 0.318. The molecule has 0 saturated heterocycles. The van der Waals surface area contributed by atoms with Crippen molar-refractivity contribution in [1.82, 2.24) is 4.72 Å². The van der Waals surface area contributed by atoms with Gasteiger partial charge < -0.3 is 0 Å². The maximum Gasteiger partial charge on any atom is 0.240 e. The van der Waals surface area contributed by atoms with Gasteiger partial charge in [-0.1, -0.05) is 29.8 Å². The molecule has 3 nitrogen and oxygen atoms in total. The first kappa shape index (κ1) is 12.1. The second-order valence-electron chi connectivity index (χ2n) is 4.82. The maximum absolute atomic E-state index is 12.0. The lowest BCUT2D eigenvalue weighted by atomic mass is 10.2. The molecule has 0 amide bonds. The van der Waals surface area contributed by atoms with Gasteiger partial charge in [-0.2, -0.15) is 0 Å². The highest BCUT2D eigenvalue weighted by molar-refractivity contribution is 9.10. The molecule has 1 atom stereocenters. The largest absolute Gasteiger partial charge is 0.240 e. The number of nitrogens with one attached hydrogen (secondary N) is 1. The van der Waals surface area contributed by atoms with Crippen LogP contribution in [0.15, 0.2) is 33.6 Å². The molecule has 1 aliphatic carbocycles. The Kier molecular flexibility index (Phi) is 2.88. The third-order valence-corrected chi connectivity index (χ3v) is 4.95. The number of hydrogen-bond acceptors (Lipinski definition) is 2. The minimum atomic E-state index is -3.36. The number of benzene rings is 1. The van der Waals surface area contributed by atoms with E-state index in [1.54, 1.807) is 24.3 Å². The van der Waals surface area contributed by atoms with Gasteiger partial charge in [-0.15, -0.1) is 0 Å². The lowest BCUT2D eigenvalue weighted by molar-refractivity contribution is 0.555. The molecule has 0 aromatic heterocycles. The van der Waals surface area contributed by atoms with Crippen molar-refractivity contribution >= 4 is 26.0 Å². The zero-order valence-electron chi connectivity index (χ0n) is 9.20. The number of rotatable bonds is 3. The van der Waals surface area contributed by atoms with Crippen LogP contribution in [0.3, 0.4) is 0 Å². The highest BCUT2D eigenvalue weighted by Crippen LogP contribution is 2.45. The van der Waals surface area contributed by atoms with Crippen LogP contribution in [0.4, 0.5) is 0 Å². The second-order valence-corrected chi connectivity index (χ2v) is 7.45. The van der Waals surface area contributed by atoms with Crippen molar-refractivity contribution in [3.63, 3.8) is 0 Å². The Hall–Kier alpha value is -0.390. The van der Waals surface area contributed by atoms with Gasteiger partial charge in [-0.25, -0.2) is 13.1 Å². The summed E-state index contributed by atoms with van der Waals surface area (Å²) in [6.45, 7) is 4.11. The van der Waals surface area contributed by atoms with Crippen LogP contribution >= 0.6 is 15.9 Å². The monoisotopic (exact) mass is 303 g/mol. The lowest BCUT2D eigenvalue weighted by Crippen LogP contribution is -2.28. The summed E-state index contributed by atoms with van der Waals surface area (Å²) in [5, 5.41) is 0. The minimum Gasteiger partial charge on any atom is -0.208 e. The third-order valence-electron chi connectivity index (χ3n) is 2.93. The van der Waals surface area contributed by atoms with Gasteiger partial charge >= 0.3 is 0 Å². The van der Waals surface area contributed by atoms with E-state index in [2.05, 4.69) is 34.5 Å². The summed E-state index contributed by atoms with van der Waals surface area (Å²) in [6.07, 6.45) is 0.906. The number of sulfonamides is 1.